The molecule has 0 spiro atoms. The highest BCUT2D eigenvalue weighted by Gasteiger charge is 2.10. The van der Waals surface area contributed by atoms with E-state index in [1.807, 2.05) is 24.4 Å². The number of nitrogens with one attached hydrogen (secondary N) is 1. The highest BCUT2D eigenvalue weighted by Crippen LogP contribution is 2.23. The van der Waals surface area contributed by atoms with E-state index in [1.165, 1.54) is 0 Å². The van der Waals surface area contributed by atoms with Crippen molar-refractivity contribution in [3.63, 3.8) is 0 Å². The standard InChI is InChI=1S/C14H14BrCl2N3/c15-11-3-10(7-19-8-11)5-12(20-18)4-9-1-2-13(16)14(17)6-9/h1-3,6-8,12,20H,4-5,18H2. The van der Waals surface area contributed by atoms with Gasteiger partial charge in [-0.05, 0) is 58.1 Å². The molecule has 1 heterocycles. The maximum atomic E-state index is 6.02. The van der Waals surface area contributed by atoms with Gasteiger partial charge in [-0.2, -0.15) is 0 Å². The molecule has 0 amide bonds. The molecule has 0 radical (unpaired) electrons. The SMILES string of the molecule is NNC(Cc1cncc(Br)c1)Cc1ccc(Cl)c(Cl)c1. The van der Waals surface area contributed by atoms with Crippen LogP contribution in [0.15, 0.2) is 41.1 Å². The maximum absolute atomic E-state index is 6.02. The van der Waals surface area contributed by atoms with Gasteiger partial charge in [0, 0.05) is 22.9 Å². The number of hydrogen-bond donors (Lipinski definition) is 2. The van der Waals surface area contributed by atoms with Crippen LogP contribution in [0.4, 0.5) is 0 Å². The molecule has 1 aromatic carbocycles. The molecule has 0 aliphatic carbocycles. The van der Waals surface area contributed by atoms with Crippen LogP contribution in [-0.2, 0) is 12.8 Å². The predicted molar refractivity (Wildman–Crippen MR) is 86.9 cm³/mol. The number of hydrazine groups is 1. The van der Waals surface area contributed by atoms with Crippen LogP contribution in [0.5, 0.6) is 0 Å². The number of benzene rings is 1. The molecule has 1 atom stereocenters. The van der Waals surface area contributed by atoms with Crippen molar-refractivity contribution < 1.29 is 0 Å². The maximum Gasteiger partial charge on any atom is 0.0595 e. The smallest absolute Gasteiger partial charge is 0.0595 e. The number of rotatable bonds is 5. The van der Waals surface area contributed by atoms with Gasteiger partial charge in [-0.15, -0.1) is 0 Å². The average Bonchev–Trinajstić information content (AvgIpc) is 2.42. The zero-order chi connectivity index (χ0) is 14.5. The lowest BCUT2D eigenvalue weighted by molar-refractivity contribution is 0.522. The second kappa shape index (κ2) is 7.38. The van der Waals surface area contributed by atoms with E-state index in [0.717, 1.165) is 28.4 Å². The Bertz CT molecular complexity index is 592. The number of halogens is 3. The summed E-state index contributed by atoms with van der Waals surface area (Å²) in [7, 11) is 0. The van der Waals surface area contributed by atoms with Gasteiger partial charge in [0.15, 0.2) is 0 Å². The monoisotopic (exact) mass is 373 g/mol. The minimum atomic E-state index is 0.100. The topological polar surface area (TPSA) is 50.9 Å². The number of nitrogens with zero attached hydrogens (tertiary/aromatic N) is 1. The van der Waals surface area contributed by atoms with E-state index in [9.17, 15) is 0 Å². The minimum Gasteiger partial charge on any atom is -0.271 e. The van der Waals surface area contributed by atoms with Crippen molar-refractivity contribution >= 4 is 39.1 Å². The largest absolute Gasteiger partial charge is 0.271 e. The van der Waals surface area contributed by atoms with Gasteiger partial charge in [-0.1, -0.05) is 29.3 Å². The Morgan fingerprint density at radius 1 is 1.10 bits per heavy atom. The van der Waals surface area contributed by atoms with E-state index in [1.54, 1.807) is 12.3 Å². The summed E-state index contributed by atoms with van der Waals surface area (Å²) in [6, 6.07) is 7.76. The highest BCUT2D eigenvalue weighted by molar-refractivity contribution is 9.10. The summed E-state index contributed by atoms with van der Waals surface area (Å²) in [5.41, 5.74) is 5.03. The first-order valence-electron chi connectivity index (χ1n) is 6.08. The molecule has 0 aliphatic rings. The molecule has 2 aromatic rings. The van der Waals surface area contributed by atoms with E-state index in [0.29, 0.717) is 10.0 Å². The van der Waals surface area contributed by atoms with Crippen molar-refractivity contribution in [2.24, 2.45) is 5.84 Å². The second-order valence-electron chi connectivity index (χ2n) is 4.53. The van der Waals surface area contributed by atoms with E-state index in [-0.39, 0.29) is 6.04 Å². The van der Waals surface area contributed by atoms with E-state index >= 15 is 0 Å². The number of aromatic nitrogens is 1. The first-order valence-corrected chi connectivity index (χ1v) is 7.63. The fraction of sp³-hybridized carbons (Fsp3) is 0.214. The quantitative estimate of drug-likeness (QED) is 0.618. The molecule has 0 bridgehead atoms. The Labute approximate surface area is 136 Å². The summed E-state index contributed by atoms with van der Waals surface area (Å²) in [4.78, 5) is 4.15. The summed E-state index contributed by atoms with van der Waals surface area (Å²) >= 11 is 15.3. The normalized spacial score (nSPS) is 12.4. The lowest BCUT2D eigenvalue weighted by Crippen LogP contribution is -2.38. The number of nitrogens with two attached hydrogens (primary N) is 1. The number of pyridine rings is 1. The van der Waals surface area contributed by atoms with Crippen molar-refractivity contribution in [1.82, 2.24) is 10.4 Å². The van der Waals surface area contributed by atoms with Crippen LogP contribution < -0.4 is 11.3 Å². The van der Waals surface area contributed by atoms with Gasteiger partial charge in [-0.3, -0.25) is 16.3 Å². The zero-order valence-corrected chi connectivity index (χ0v) is 13.7. The number of hydrogen-bond acceptors (Lipinski definition) is 3. The Kier molecular flexibility index (Phi) is 5.81. The van der Waals surface area contributed by atoms with Gasteiger partial charge in [0.2, 0.25) is 0 Å². The highest BCUT2D eigenvalue weighted by atomic mass is 79.9. The van der Waals surface area contributed by atoms with E-state index < -0.39 is 0 Å². The third kappa shape index (κ3) is 4.43. The summed E-state index contributed by atoms with van der Waals surface area (Å²) < 4.78 is 0.959. The fourth-order valence-corrected chi connectivity index (χ4v) is 2.73. The van der Waals surface area contributed by atoms with E-state index in [2.05, 4.69) is 26.3 Å². The third-order valence-electron chi connectivity index (χ3n) is 2.95. The van der Waals surface area contributed by atoms with Gasteiger partial charge >= 0.3 is 0 Å². The van der Waals surface area contributed by atoms with Gasteiger partial charge in [0.25, 0.3) is 0 Å². The molecule has 0 fully saturated rings. The molecule has 1 aromatic heterocycles. The van der Waals surface area contributed by atoms with Crippen molar-refractivity contribution in [1.29, 1.82) is 0 Å². The van der Waals surface area contributed by atoms with Gasteiger partial charge in [-0.25, -0.2) is 0 Å². The molecule has 1 unspecified atom stereocenters. The van der Waals surface area contributed by atoms with E-state index in [4.69, 9.17) is 29.0 Å². The van der Waals surface area contributed by atoms with Crippen LogP contribution in [-0.4, -0.2) is 11.0 Å². The fourth-order valence-electron chi connectivity index (χ4n) is 1.99. The Morgan fingerprint density at radius 2 is 1.85 bits per heavy atom. The van der Waals surface area contributed by atoms with Gasteiger partial charge in [0.05, 0.1) is 10.0 Å². The van der Waals surface area contributed by atoms with Gasteiger partial charge < -0.3 is 0 Å². The van der Waals surface area contributed by atoms with Gasteiger partial charge in [0.1, 0.15) is 0 Å². The minimum absolute atomic E-state index is 0.100. The van der Waals surface area contributed by atoms with Crippen LogP contribution in [0.1, 0.15) is 11.1 Å². The molecular formula is C14H14BrCl2N3. The Balaban J connectivity index is 2.07. The van der Waals surface area contributed by atoms with Crippen molar-refractivity contribution in [3.05, 3.63) is 62.3 Å². The molecule has 2 rings (SSSR count). The summed E-state index contributed by atoms with van der Waals surface area (Å²) in [6.45, 7) is 0. The molecule has 6 heteroatoms. The molecule has 106 valence electrons. The predicted octanol–water partition coefficient (Wildman–Crippen LogP) is 3.77. The van der Waals surface area contributed by atoms with Crippen molar-refractivity contribution in [2.45, 2.75) is 18.9 Å². The first-order chi connectivity index (χ1) is 9.58. The molecule has 20 heavy (non-hydrogen) atoms. The van der Waals surface area contributed by atoms with Crippen LogP contribution >= 0.6 is 39.1 Å². The van der Waals surface area contributed by atoms with Crippen LogP contribution in [0.2, 0.25) is 10.0 Å². The van der Waals surface area contributed by atoms with Crippen molar-refractivity contribution in [2.75, 3.05) is 0 Å². The Morgan fingerprint density at radius 3 is 2.50 bits per heavy atom. The molecular weight excluding hydrogens is 361 g/mol. The molecule has 0 saturated carbocycles. The summed E-state index contributed by atoms with van der Waals surface area (Å²) in [5, 5.41) is 1.12. The second-order valence-corrected chi connectivity index (χ2v) is 6.26. The third-order valence-corrected chi connectivity index (χ3v) is 4.12. The lowest BCUT2D eigenvalue weighted by atomic mass is 10.0. The first kappa shape index (κ1) is 15.7. The molecule has 3 nitrogen and oxygen atoms in total. The summed E-state index contributed by atoms with van der Waals surface area (Å²) in [5.74, 6) is 5.63. The van der Waals surface area contributed by atoms with Crippen LogP contribution in [0.25, 0.3) is 0 Å². The van der Waals surface area contributed by atoms with Crippen LogP contribution in [0.3, 0.4) is 0 Å². The Hall–Kier alpha value is -0.650. The lowest BCUT2D eigenvalue weighted by Gasteiger charge is -2.16. The zero-order valence-electron chi connectivity index (χ0n) is 10.6. The van der Waals surface area contributed by atoms with Crippen LogP contribution in [0, 0.1) is 0 Å². The molecule has 0 aliphatic heterocycles. The molecule has 0 saturated heterocycles. The van der Waals surface area contributed by atoms with Crippen molar-refractivity contribution in [3.8, 4) is 0 Å². The average molecular weight is 375 g/mol. The molecule has 3 N–H and O–H groups in total. The summed E-state index contributed by atoms with van der Waals surface area (Å²) in [6.07, 6.45) is 5.14.